The van der Waals surface area contributed by atoms with Gasteiger partial charge in [0.1, 0.15) is 5.75 Å². The summed E-state index contributed by atoms with van der Waals surface area (Å²) in [5.41, 5.74) is 6.85. The van der Waals surface area contributed by atoms with E-state index in [1.165, 1.54) is 0 Å². The number of ether oxygens (including phenoxy) is 1. The zero-order valence-corrected chi connectivity index (χ0v) is 9.50. The molecule has 1 aliphatic rings. The molecule has 0 aromatic heterocycles. The van der Waals surface area contributed by atoms with E-state index in [-0.39, 0.29) is 17.6 Å². The number of hydrogen-bond donors (Lipinski definition) is 2. The van der Waals surface area contributed by atoms with Crippen molar-refractivity contribution in [2.75, 3.05) is 23.9 Å². The zero-order valence-electron chi connectivity index (χ0n) is 8.69. The van der Waals surface area contributed by atoms with E-state index < -0.39 is 0 Å². The molecule has 0 radical (unpaired) electrons. The van der Waals surface area contributed by atoms with Gasteiger partial charge in [-0.25, -0.2) is 0 Å². The Kier molecular flexibility index (Phi) is 2.66. The van der Waals surface area contributed by atoms with Crippen LogP contribution in [0.25, 0.3) is 0 Å². The van der Waals surface area contributed by atoms with Crippen molar-refractivity contribution < 1.29 is 9.53 Å². The van der Waals surface area contributed by atoms with Crippen molar-refractivity contribution in [2.24, 2.45) is 5.73 Å². The van der Waals surface area contributed by atoms with Gasteiger partial charge in [-0.05, 0) is 24.4 Å². The molecule has 6 heteroatoms. The van der Waals surface area contributed by atoms with E-state index in [1.54, 1.807) is 30.1 Å². The Bertz CT molecular complexity index is 461. The molecular formula is C10H11N3O2S. The normalized spacial score (nSPS) is 14.1. The number of nitrogens with zero attached hydrogens (tertiary/aromatic N) is 1. The molecule has 84 valence electrons. The average Bonchev–Trinajstić information content (AvgIpc) is 2.23. The first-order valence-electron chi connectivity index (χ1n) is 4.68. The van der Waals surface area contributed by atoms with Crippen molar-refractivity contribution in [3.8, 4) is 5.75 Å². The van der Waals surface area contributed by atoms with Gasteiger partial charge in [-0.2, -0.15) is 0 Å². The van der Waals surface area contributed by atoms with Crippen molar-refractivity contribution >= 4 is 34.6 Å². The molecule has 1 aromatic rings. The van der Waals surface area contributed by atoms with E-state index in [2.05, 4.69) is 5.32 Å². The number of thiocarbonyl (C=S) groups is 1. The summed E-state index contributed by atoms with van der Waals surface area (Å²) in [5.74, 6) is 0.575. The van der Waals surface area contributed by atoms with Crippen LogP contribution in [0.5, 0.6) is 5.75 Å². The van der Waals surface area contributed by atoms with Crippen LogP contribution in [0.3, 0.4) is 0 Å². The molecule has 5 nitrogen and oxygen atoms in total. The second-order valence-electron chi connectivity index (χ2n) is 3.41. The van der Waals surface area contributed by atoms with Crippen LogP contribution >= 0.6 is 12.2 Å². The molecule has 0 saturated heterocycles. The summed E-state index contributed by atoms with van der Waals surface area (Å²) in [6.07, 6.45) is 0. The summed E-state index contributed by atoms with van der Waals surface area (Å²) in [5, 5.41) is 3.00. The highest BCUT2D eigenvalue weighted by Gasteiger charge is 2.22. The summed E-state index contributed by atoms with van der Waals surface area (Å²) < 4.78 is 5.31. The first-order valence-corrected chi connectivity index (χ1v) is 5.08. The van der Waals surface area contributed by atoms with Crippen LogP contribution in [0.15, 0.2) is 18.2 Å². The van der Waals surface area contributed by atoms with Crippen LogP contribution < -0.4 is 20.7 Å². The number of rotatable bonds is 1. The number of fused-ring (bicyclic) bond motifs is 1. The second kappa shape index (κ2) is 3.97. The summed E-state index contributed by atoms with van der Waals surface area (Å²) in [4.78, 5) is 12.9. The van der Waals surface area contributed by atoms with Gasteiger partial charge in [0.15, 0.2) is 11.7 Å². The van der Waals surface area contributed by atoms with Crippen LogP contribution in [0, 0.1) is 0 Å². The largest absolute Gasteiger partial charge is 0.481 e. The number of hydrogen-bond acceptors (Lipinski definition) is 3. The lowest BCUT2D eigenvalue weighted by molar-refractivity contribution is -0.120. The van der Waals surface area contributed by atoms with Crippen LogP contribution in [0.4, 0.5) is 11.4 Å². The van der Waals surface area contributed by atoms with Crippen LogP contribution in [-0.4, -0.2) is 24.7 Å². The number of amides is 1. The fourth-order valence-corrected chi connectivity index (χ4v) is 1.62. The number of carbonyl (C=O) groups excluding carboxylic acids is 1. The van der Waals surface area contributed by atoms with Gasteiger partial charge in [0.05, 0.1) is 5.69 Å². The lowest BCUT2D eigenvalue weighted by Crippen LogP contribution is -2.35. The van der Waals surface area contributed by atoms with Crippen molar-refractivity contribution in [3.05, 3.63) is 18.2 Å². The molecule has 0 atom stereocenters. The van der Waals surface area contributed by atoms with Crippen LogP contribution in [0.1, 0.15) is 0 Å². The van der Waals surface area contributed by atoms with Crippen LogP contribution in [0.2, 0.25) is 0 Å². The third-order valence-corrected chi connectivity index (χ3v) is 2.42. The minimum atomic E-state index is -0.0671. The molecule has 0 spiro atoms. The van der Waals surface area contributed by atoms with Crippen molar-refractivity contribution in [1.29, 1.82) is 0 Å². The number of nitrogens with two attached hydrogens (primary N) is 1. The van der Waals surface area contributed by atoms with Gasteiger partial charge in [0.2, 0.25) is 0 Å². The van der Waals surface area contributed by atoms with Crippen LogP contribution in [-0.2, 0) is 4.79 Å². The lowest BCUT2D eigenvalue weighted by atomic mass is 10.2. The quantitative estimate of drug-likeness (QED) is 0.704. The monoisotopic (exact) mass is 237 g/mol. The predicted octanol–water partition coefficient (Wildman–Crippen LogP) is 0.697. The highest BCUT2D eigenvalue weighted by molar-refractivity contribution is 7.80. The van der Waals surface area contributed by atoms with E-state index in [0.717, 1.165) is 11.4 Å². The molecule has 2 rings (SSSR count). The molecule has 1 aromatic carbocycles. The maximum absolute atomic E-state index is 11.4. The van der Waals surface area contributed by atoms with Crippen molar-refractivity contribution in [3.63, 3.8) is 0 Å². The minimum Gasteiger partial charge on any atom is -0.481 e. The van der Waals surface area contributed by atoms with Gasteiger partial charge in [0, 0.05) is 18.8 Å². The average molecular weight is 237 g/mol. The third-order valence-electron chi connectivity index (χ3n) is 2.31. The maximum atomic E-state index is 11.4. The zero-order chi connectivity index (χ0) is 11.7. The van der Waals surface area contributed by atoms with E-state index in [4.69, 9.17) is 22.7 Å². The fraction of sp³-hybridized carbons (Fsp3) is 0.200. The smallest absolute Gasteiger partial charge is 0.264 e. The first kappa shape index (κ1) is 10.7. The van der Waals surface area contributed by atoms with Gasteiger partial charge in [-0.1, -0.05) is 0 Å². The third kappa shape index (κ3) is 1.92. The molecule has 0 unspecified atom stereocenters. The molecule has 0 bridgehead atoms. The van der Waals surface area contributed by atoms with Gasteiger partial charge >= 0.3 is 0 Å². The summed E-state index contributed by atoms with van der Waals surface area (Å²) >= 11 is 4.74. The topological polar surface area (TPSA) is 67.6 Å². The molecule has 1 amide bonds. The highest BCUT2D eigenvalue weighted by atomic mass is 32.1. The summed E-state index contributed by atoms with van der Waals surface area (Å²) in [7, 11) is 1.71. The SMILES string of the molecule is CN1C(=O)COc2cc(NC(N)=S)ccc21. The minimum absolute atomic E-state index is 0.0556. The van der Waals surface area contributed by atoms with E-state index >= 15 is 0 Å². The van der Waals surface area contributed by atoms with Gasteiger partial charge < -0.3 is 20.7 Å². The predicted molar refractivity (Wildman–Crippen MR) is 65.8 cm³/mol. The molecule has 0 aliphatic carbocycles. The number of anilines is 2. The number of nitrogens with one attached hydrogen (secondary N) is 1. The first-order chi connectivity index (χ1) is 7.58. The van der Waals surface area contributed by atoms with E-state index in [9.17, 15) is 4.79 Å². The molecule has 1 heterocycles. The number of carbonyl (C=O) groups is 1. The molecule has 1 aliphatic heterocycles. The molecule has 0 fully saturated rings. The Morgan fingerprint density at radius 2 is 2.38 bits per heavy atom. The molecular weight excluding hydrogens is 226 g/mol. The lowest BCUT2D eigenvalue weighted by Gasteiger charge is -2.26. The van der Waals surface area contributed by atoms with Gasteiger partial charge in [-0.3, -0.25) is 4.79 Å². The standard InChI is InChI=1S/C10H11N3O2S/c1-13-7-3-2-6(12-10(11)16)4-8(7)15-5-9(13)14/h2-4H,5H2,1H3,(H3,11,12,16). The number of benzene rings is 1. The summed E-state index contributed by atoms with van der Waals surface area (Å²) in [6, 6.07) is 5.33. The Labute approximate surface area is 98.2 Å². The van der Waals surface area contributed by atoms with E-state index in [1.807, 2.05) is 0 Å². The molecule has 0 saturated carbocycles. The highest BCUT2D eigenvalue weighted by Crippen LogP contribution is 2.33. The summed E-state index contributed by atoms with van der Waals surface area (Å²) in [6.45, 7) is 0.0556. The van der Waals surface area contributed by atoms with Gasteiger partial charge in [0.25, 0.3) is 5.91 Å². The Hall–Kier alpha value is -1.82. The molecule has 16 heavy (non-hydrogen) atoms. The van der Waals surface area contributed by atoms with E-state index in [0.29, 0.717) is 5.75 Å². The van der Waals surface area contributed by atoms with Crippen molar-refractivity contribution in [2.45, 2.75) is 0 Å². The number of likely N-dealkylation sites (N-methyl/N-ethyl adjacent to an activating group) is 1. The Morgan fingerprint density at radius 3 is 3.06 bits per heavy atom. The Morgan fingerprint density at radius 1 is 1.62 bits per heavy atom. The second-order valence-corrected chi connectivity index (χ2v) is 3.85. The Balaban J connectivity index is 2.33. The fourth-order valence-electron chi connectivity index (χ4n) is 1.50. The van der Waals surface area contributed by atoms with Gasteiger partial charge in [-0.15, -0.1) is 0 Å². The molecule has 3 N–H and O–H groups in total. The van der Waals surface area contributed by atoms with Crippen molar-refractivity contribution in [1.82, 2.24) is 0 Å². The maximum Gasteiger partial charge on any atom is 0.264 e.